The maximum absolute atomic E-state index is 9.33. The van der Waals surface area contributed by atoms with E-state index in [1.807, 2.05) is 18.3 Å². The van der Waals surface area contributed by atoms with Gasteiger partial charge in [-0.25, -0.2) is 9.97 Å². The largest absolute Gasteiger partial charge is 0.497 e. The van der Waals surface area contributed by atoms with Crippen LogP contribution in [-0.4, -0.2) is 22.1 Å². The first-order chi connectivity index (χ1) is 10.8. The first kappa shape index (κ1) is 14.4. The Kier molecular flexibility index (Phi) is 3.98. The van der Waals surface area contributed by atoms with Crippen molar-refractivity contribution in [3.8, 4) is 11.8 Å². The minimum Gasteiger partial charge on any atom is -0.497 e. The van der Waals surface area contributed by atoms with Crippen LogP contribution >= 0.6 is 11.8 Å². The molecule has 22 heavy (non-hydrogen) atoms. The number of methoxy groups -OCH3 is 1. The zero-order valence-corrected chi connectivity index (χ0v) is 13.1. The number of aromatic nitrogens is 3. The van der Waals surface area contributed by atoms with Crippen molar-refractivity contribution in [1.82, 2.24) is 15.0 Å². The molecule has 0 radical (unpaired) electrons. The molecule has 3 rings (SSSR count). The van der Waals surface area contributed by atoms with Gasteiger partial charge in [-0.15, -0.1) is 0 Å². The van der Waals surface area contributed by atoms with E-state index in [2.05, 4.69) is 27.9 Å². The summed E-state index contributed by atoms with van der Waals surface area (Å²) in [5, 5.41) is 11.2. The molecule has 0 amide bonds. The normalized spacial score (nSPS) is 10.6. The molecule has 0 bridgehead atoms. The molecule has 1 aromatic carbocycles. The molecule has 0 spiro atoms. The van der Waals surface area contributed by atoms with Crippen molar-refractivity contribution in [2.24, 2.45) is 0 Å². The van der Waals surface area contributed by atoms with Crippen LogP contribution < -0.4 is 4.74 Å². The summed E-state index contributed by atoms with van der Waals surface area (Å²) in [6.45, 7) is 2.10. The molecule has 0 aliphatic carbocycles. The molecule has 2 heterocycles. The topological polar surface area (TPSA) is 74.6 Å². The highest BCUT2D eigenvalue weighted by Crippen LogP contribution is 2.35. The molecule has 0 fully saturated rings. The molecular weight excluding hydrogens is 296 g/mol. The molecule has 2 aromatic heterocycles. The Morgan fingerprint density at radius 2 is 2.23 bits per heavy atom. The van der Waals surface area contributed by atoms with E-state index < -0.39 is 0 Å². The lowest BCUT2D eigenvalue weighted by Gasteiger charge is -2.07. The van der Waals surface area contributed by atoms with E-state index in [1.54, 1.807) is 13.2 Å². The molecule has 5 nitrogen and oxygen atoms in total. The average molecular weight is 310 g/mol. The van der Waals surface area contributed by atoms with Crippen LogP contribution in [0.3, 0.4) is 0 Å². The minimum absolute atomic E-state index is 0.574. The molecule has 0 atom stereocenters. The fourth-order valence-corrected chi connectivity index (χ4v) is 3.26. The SMILES string of the molecule is CCc1c[nH]c2ncnc(Sc3ccc(OC)cc3C#N)c12. The number of hydrogen-bond donors (Lipinski definition) is 1. The van der Waals surface area contributed by atoms with E-state index in [9.17, 15) is 5.26 Å². The van der Waals surface area contributed by atoms with Gasteiger partial charge < -0.3 is 9.72 Å². The predicted octanol–water partition coefficient (Wildman–Crippen LogP) is 3.55. The summed E-state index contributed by atoms with van der Waals surface area (Å²) < 4.78 is 5.17. The van der Waals surface area contributed by atoms with Crippen molar-refractivity contribution in [1.29, 1.82) is 5.26 Å². The van der Waals surface area contributed by atoms with Gasteiger partial charge in [-0.1, -0.05) is 18.7 Å². The lowest BCUT2D eigenvalue weighted by molar-refractivity contribution is 0.414. The standard InChI is InChI=1S/C16H14N4OS/c1-3-10-8-18-15-14(10)16(20-9-19-15)22-13-5-4-12(21-2)6-11(13)7-17/h4-6,8-9H,3H2,1-2H3,(H,18,19,20). The van der Waals surface area contributed by atoms with Gasteiger partial charge >= 0.3 is 0 Å². The van der Waals surface area contributed by atoms with Crippen LogP contribution in [-0.2, 0) is 6.42 Å². The number of aromatic amines is 1. The van der Waals surface area contributed by atoms with E-state index >= 15 is 0 Å². The molecule has 0 saturated heterocycles. The van der Waals surface area contributed by atoms with E-state index in [4.69, 9.17) is 4.74 Å². The lowest BCUT2D eigenvalue weighted by atomic mass is 10.2. The predicted molar refractivity (Wildman–Crippen MR) is 85.1 cm³/mol. The quantitative estimate of drug-likeness (QED) is 0.746. The summed E-state index contributed by atoms with van der Waals surface area (Å²) in [5.41, 5.74) is 2.57. The maximum atomic E-state index is 9.33. The summed E-state index contributed by atoms with van der Waals surface area (Å²) in [4.78, 5) is 12.7. The third kappa shape index (κ3) is 2.51. The van der Waals surface area contributed by atoms with E-state index in [-0.39, 0.29) is 0 Å². The Morgan fingerprint density at radius 3 is 2.95 bits per heavy atom. The van der Waals surface area contributed by atoms with Crippen molar-refractivity contribution in [3.63, 3.8) is 0 Å². The Balaban J connectivity index is 2.07. The second-order valence-electron chi connectivity index (χ2n) is 4.65. The minimum atomic E-state index is 0.574. The lowest BCUT2D eigenvalue weighted by Crippen LogP contribution is -1.90. The van der Waals surface area contributed by atoms with E-state index in [0.717, 1.165) is 27.4 Å². The number of nitrogens with zero attached hydrogens (tertiary/aromatic N) is 3. The van der Waals surface area contributed by atoms with Crippen LogP contribution in [0.5, 0.6) is 5.75 Å². The van der Waals surface area contributed by atoms with Gasteiger partial charge in [0.25, 0.3) is 0 Å². The summed E-state index contributed by atoms with van der Waals surface area (Å²) in [6, 6.07) is 7.67. The number of fused-ring (bicyclic) bond motifs is 1. The second kappa shape index (κ2) is 6.08. The number of nitriles is 1. The Morgan fingerprint density at radius 1 is 1.36 bits per heavy atom. The zero-order chi connectivity index (χ0) is 15.5. The summed E-state index contributed by atoms with van der Waals surface area (Å²) in [6.07, 6.45) is 4.40. The molecular formula is C16H14N4OS. The fourth-order valence-electron chi connectivity index (χ4n) is 2.27. The number of aryl methyl sites for hydroxylation is 1. The molecule has 6 heteroatoms. The molecule has 110 valence electrons. The van der Waals surface area contributed by atoms with Crippen LogP contribution in [0, 0.1) is 11.3 Å². The van der Waals surface area contributed by atoms with Gasteiger partial charge in [0.1, 0.15) is 28.8 Å². The Labute approximate surface area is 132 Å². The molecule has 0 aliphatic heterocycles. The molecule has 0 saturated carbocycles. The van der Waals surface area contributed by atoms with Crippen molar-refractivity contribution < 1.29 is 4.74 Å². The van der Waals surface area contributed by atoms with Gasteiger partial charge in [-0.05, 0) is 30.2 Å². The van der Waals surface area contributed by atoms with Crippen LogP contribution in [0.4, 0.5) is 0 Å². The number of nitrogens with one attached hydrogen (secondary N) is 1. The highest BCUT2D eigenvalue weighted by atomic mass is 32.2. The van der Waals surface area contributed by atoms with Gasteiger partial charge in [0.05, 0.1) is 18.1 Å². The number of hydrogen-bond acceptors (Lipinski definition) is 5. The third-order valence-corrected chi connectivity index (χ3v) is 4.49. The number of ether oxygens (including phenoxy) is 1. The molecule has 3 aromatic rings. The first-order valence-electron chi connectivity index (χ1n) is 6.83. The third-order valence-electron chi connectivity index (χ3n) is 3.41. The highest BCUT2D eigenvalue weighted by Gasteiger charge is 2.13. The van der Waals surface area contributed by atoms with E-state index in [0.29, 0.717) is 11.3 Å². The first-order valence-corrected chi connectivity index (χ1v) is 7.65. The van der Waals surface area contributed by atoms with Crippen LogP contribution in [0.1, 0.15) is 18.1 Å². The zero-order valence-electron chi connectivity index (χ0n) is 12.3. The second-order valence-corrected chi connectivity index (χ2v) is 5.68. The highest BCUT2D eigenvalue weighted by molar-refractivity contribution is 7.99. The van der Waals surface area contributed by atoms with Crippen molar-refractivity contribution >= 4 is 22.8 Å². The summed E-state index contributed by atoms with van der Waals surface area (Å²) in [5.74, 6) is 0.671. The molecule has 0 unspecified atom stereocenters. The summed E-state index contributed by atoms with van der Waals surface area (Å²) in [7, 11) is 1.59. The summed E-state index contributed by atoms with van der Waals surface area (Å²) >= 11 is 1.47. The number of benzene rings is 1. The average Bonchev–Trinajstić information content (AvgIpc) is 2.99. The van der Waals surface area contributed by atoms with Gasteiger partial charge in [-0.2, -0.15) is 5.26 Å². The van der Waals surface area contributed by atoms with Crippen molar-refractivity contribution in [3.05, 3.63) is 41.9 Å². The Hall–Kier alpha value is -2.52. The van der Waals surface area contributed by atoms with Crippen LogP contribution in [0.15, 0.2) is 40.6 Å². The fraction of sp³-hybridized carbons (Fsp3) is 0.188. The Bertz CT molecular complexity index is 866. The van der Waals surface area contributed by atoms with Gasteiger partial charge in [0.15, 0.2) is 0 Å². The van der Waals surface area contributed by atoms with Gasteiger partial charge in [0.2, 0.25) is 0 Å². The van der Waals surface area contributed by atoms with Gasteiger partial charge in [-0.3, -0.25) is 0 Å². The van der Waals surface area contributed by atoms with Crippen LogP contribution in [0.2, 0.25) is 0 Å². The maximum Gasteiger partial charge on any atom is 0.142 e. The van der Waals surface area contributed by atoms with Crippen LogP contribution in [0.25, 0.3) is 11.0 Å². The number of rotatable bonds is 4. The number of H-pyrrole nitrogens is 1. The molecule has 1 N–H and O–H groups in total. The van der Waals surface area contributed by atoms with Crippen molar-refractivity contribution in [2.45, 2.75) is 23.3 Å². The van der Waals surface area contributed by atoms with Gasteiger partial charge in [0, 0.05) is 11.1 Å². The monoisotopic (exact) mass is 310 g/mol. The van der Waals surface area contributed by atoms with Crippen molar-refractivity contribution in [2.75, 3.05) is 7.11 Å². The van der Waals surface area contributed by atoms with E-state index in [1.165, 1.54) is 23.7 Å². The molecule has 0 aliphatic rings. The smallest absolute Gasteiger partial charge is 0.142 e.